The first-order valence-electron chi connectivity index (χ1n) is 6.04. The van der Waals surface area contributed by atoms with E-state index in [1.807, 2.05) is 19.9 Å². The molecule has 2 heteroatoms. The van der Waals surface area contributed by atoms with Gasteiger partial charge in [-0.2, -0.15) is 0 Å². The van der Waals surface area contributed by atoms with E-state index in [-0.39, 0.29) is 0 Å². The molecule has 0 amide bonds. The second-order valence-corrected chi connectivity index (χ2v) is 5.24. The zero-order chi connectivity index (χ0) is 11.8. The third-order valence-corrected chi connectivity index (χ3v) is 3.67. The molecule has 1 saturated heterocycles. The van der Waals surface area contributed by atoms with E-state index < -0.39 is 5.72 Å². The minimum Gasteiger partial charge on any atom is -0.376 e. The van der Waals surface area contributed by atoms with Crippen LogP contribution in [0.4, 0.5) is 0 Å². The van der Waals surface area contributed by atoms with Crippen LogP contribution in [-0.4, -0.2) is 28.3 Å². The summed E-state index contributed by atoms with van der Waals surface area (Å²) in [6.07, 6.45) is 1.18. The van der Waals surface area contributed by atoms with Crippen LogP contribution >= 0.6 is 0 Å². The average Bonchev–Trinajstić information content (AvgIpc) is 2.14. The molecule has 1 aliphatic heterocycles. The lowest BCUT2D eigenvalue weighted by Gasteiger charge is -2.50. The Morgan fingerprint density at radius 2 is 1.94 bits per heavy atom. The molecular formula is C14H21NO. The first-order valence-corrected chi connectivity index (χ1v) is 6.04. The number of likely N-dealkylation sites (tertiary alicyclic amines) is 1. The van der Waals surface area contributed by atoms with Gasteiger partial charge in [0.25, 0.3) is 0 Å². The van der Waals surface area contributed by atoms with E-state index >= 15 is 0 Å². The highest BCUT2D eigenvalue weighted by molar-refractivity contribution is 5.21. The lowest BCUT2D eigenvalue weighted by Crippen LogP contribution is -2.60. The van der Waals surface area contributed by atoms with Crippen LogP contribution in [-0.2, 0) is 0 Å². The fourth-order valence-electron chi connectivity index (χ4n) is 2.59. The van der Waals surface area contributed by atoms with Crippen molar-refractivity contribution in [2.75, 3.05) is 6.54 Å². The van der Waals surface area contributed by atoms with Gasteiger partial charge in [0.2, 0.25) is 0 Å². The molecule has 88 valence electrons. The fourth-order valence-corrected chi connectivity index (χ4v) is 2.59. The van der Waals surface area contributed by atoms with E-state index in [0.29, 0.717) is 12.0 Å². The summed E-state index contributed by atoms with van der Waals surface area (Å²) in [6, 6.07) is 11.0. The van der Waals surface area contributed by atoms with E-state index in [0.717, 1.165) is 6.54 Å². The van der Waals surface area contributed by atoms with Gasteiger partial charge >= 0.3 is 0 Å². The molecule has 1 N–H and O–H groups in total. The molecule has 1 heterocycles. The van der Waals surface area contributed by atoms with Crippen LogP contribution < -0.4 is 0 Å². The van der Waals surface area contributed by atoms with E-state index in [9.17, 15) is 5.11 Å². The van der Waals surface area contributed by atoms with Crippen LogP contribution in [0.15, 0.2) is 30.3 Å². The van der Waals surface area contributed by atoms with Gasteiger partial charge in [0.15, 0.2) is 0 Å². The van der Waals surface area contributed by atoms with Crippen molar-refractivity contribution >= 4 is 0 Å². The molecule has 0 bridgehead atoms. The minimum atomic E-state index is -0.689. The Hall–Kier alpha value is -0.860. The van der Waals surface area contributed by atoms with Crippen molar-refractivity contribution in [3.05, 3.63) is 35.9 Å². The molecule has 2 nitrogen and oxygen atoms in total. The number of rotatable bonds is 3. The zero-order valence-corrected chi connectivity index (χ0v) is 10.4. The Morgan fingerprint density at radius 1 is 1.31 bits per heavy atom. The van der Waals surface area contributed by atoms with Crippen molar-refractivity contribution in [3.8, 4) is 0 Å². The first kappa shape index (κ1) is 11.6. The van der Waals surface area contributed by atoms with Crippen LogP contribution in [0, 0.1) is 0 Å². The Kier molecular flexibility index (Phi) is 3.04. The summed E-state index contributed by atoms with van der Waals surface area (Å²) in [7, 11) is 0. The summed E-state index contributed by atoms with van der Waals surface area (Å²) in [5.74, 6) is 0.487. The molecule has 2 rings (SSSR count). The number of hydrogen-bond acceptors (Lipinski definition) is 2. The first-order chi connectivity index (χ1) is 7.50. The van der Waals surface area contributed by atoms with Gasteiger partial charge in [-0.1, -0.05) is 37.3 Å². The third-order valence-electron chi connectivity index (χ3n) is 3.67. The molecular weight excluding hydrogens is 198 g/mol. The van der Waals surface area contributed by atoms with Gasteiger partial charge in [-0.25, -0.2) is 0 Å². The molecule has 1 fully saturated rings. The molecule has 2 atom stereocenters. The maximum Gasteiger partial charge on any atom is 0.113 e. The summed E-state index contributed by atoms with van der Waals surface area (Å²) < 4.78 is 0. The van der Waals surface area contributed by atoms with Crippen molar-refractivity contribution in [1.29, 1.82) is 0 Å². The monoisotopic (exact) mass is 219 g/mol. The predicted molar refractivity (Wildman–Crippen MR) is 66.3 cm³/mol. The second-order valence-electron chi connectivity index (χ2n) is 5.24. The van der Waals surface area contributed by atoms with Gasteiger partial charge in [0.05, 0.1) is 0 Å². The summed E-state index contributed by atoms with van der Waals surface area (Å²) in [4.78, 5) is 2.19. The third kappa shape index (κ3) is 2.13. The number of aliphatic hydroxyl groups is 1. The summed E-state index contributed by atoms with van der Waals surface area (Å²) in [5.41, 5.74) is 0.674. The molecule has 0 aliphatic carbocycles. The van der Waals surface area contributed by atoms with Crippen molar-refractivity contribution < 1.29 is 5.11 Å². The number of nitrogens with zero attached hydrogens (tertiary/aromatic N) is 1. The van der Waals surface area contributed by atoms with Crippen LogP contribution in [0.2, 0.25) is 0 Å². The molecule has 16 heavy (non-hydrogen) atoms. The molecule has 2 unspecified atom stereocenters. The fraction of sp³-hybridized carbons (Fsp3) is 0.571. The minimum absolute atomic E-state index is 0.474. The Bertz CT molecular complexity index is 342. The lowest BCUT2D eigenvalue weighted by molar-refractivity contribution is -0.146. The maximum atomic E-state index is 10.0. The van der Waals surface area contributed by atoms with Gasteiger partial charge in [-0.3, -0.25) is 4.90 Å². The SMILES string of the molecule is CC(c1ccccc1)C1CCN1C(C)(C)O. The Labute approximate surface area is 97.9 Å². The summed E-state index contributed by atoms with van der Waals surface area (Å²) in [5, 5.41) is 10.0. The van der Waals surface area contributed by atoms with Gasteiger partial charge in [0, 0.05) is 12.6 Å². The van der Waals surface area contributed by atoms with Crippen molar-refractivity contribution in [2.45, 2.75) is 44.9 Å². The van der Waals surface area contributed by atoms with Crippen molar-refractivity contribution in [2.24, 2.45) is 0 Å². The largest absolute Gasteiger partial charge is 0.376 e. The van der Waals surface area contributed by atoms with Crippen LogP contribution in [0.1, 0.15) is 38.7 Å². The number of benzene rings is 1. The molecule has 0 saturated carbocycles. The molecule has 1 aromatic rings. The van der Waals surface area contributed by atoms with E-state index in [1.54, 1.807) is 0 Å². The molecule has 0 radical (unpaired) electrons. The van der Waals surface area contributed by atoms with Crippen LogP contribution in [0.3, 0.4) is 0 Å². The van der Waals surface area contributed by atoms with E-state index in [1.165, 1.54) is 12.0 Å². The van der Waals surface area contributed by atoms with Crippen LogP contribution in [0.5, 0.6) is 0 Å². The van der Waals surface area contributed by atoms with Gasteiger partial charge in [0.1, 0.15) is 5.72 Å². The smallest absolute Gasteiger partial charge is 0.113 e. The van der Waals surface area contributed by atoms with Gasteiger partial charge in [-0.15, -0.1) is 0 Å². The molecule has 1 aliphatic rings. The van der Waals surface area contributed by atoms with E-state index in [4.69, 9.17) is 0 Å². The predicted octanol–water partition coefficient (Wildman–Crippen LogP) is 2.59. The van der Waals surface area contributed by atoms with Crippen molar-refractivity contribution in [3.63, 3.8) is 0 Å². The maximum absolute atomic E-state index is 10.0. The topological polar surface area (TPSA) is 23.5 Å². The molecule has 0 aromatic heterocycles. The Morgan fingerprint density at radius 3 is 2.38 bits per heavy atom. The normalized spacial score (nSPS) is 23.9. The van der Waals surface area contributed by atoms with Crippen molar-refractivity contribution in [1.82, 2.24) is 4.90 Å². The van der Waals surface area contributed by atoms with Gasteiger partial charge in [-0.05, 0) is 31.7 Å². The van der Waals surface area contributed by atoms with Gasteiger partial charge < -0.3 is 5.11 Å². The molecule has 1 aromatic carbocycles. The Balaban J connectivity index is 2.09. The highest BCUT2D eigenvalue weighted by Crippen LogP contribution is 2.35. The van der Waals surface area contributed by atoms with E-state index in [2.05, 4.69) is 36.1 Å². The molecule has 0 spiro atoms. The lowest BCUT2D eigenvalue weighted by atomic mass is 9.84. The zero-order valence-electron chi connectivity index (χ0n) is 10.4. The quantitative estimate of drug-likeness (QED) is 0.844. The standard InChI is InChI=1S/C14H21NO/c1-11(12-7-5-4-6-8-12)13-9-10-15(13)14(2,3)16/h4-8,11,13,16H,9-10H2,1-3H3. The van der Waals surface area contributed by atoms with Crippen LogP contribution in [0.25, 0.3) is 0 Å². The highest BCUT2D eigenvalue weighted by atomic mass is 16.3. The summed E-state index contributed by atoms with van der Waals surface area (Å²) in [6.45, 7) is 7.00. The summed E-state index contributed by atoms with van der Waals surface area (Å²) >= 11 is 0. The highest BCUT2D eigenvalue weighted by Gasteiger charge is 2.40. The second kappa shape index (κ2) is 4.19. The average molecular weight is 219 g/mol. The number of hydrogen-bond donors (Lipinski definition) is 1.